The summed E-state index contributed by atoms with van der Waals surface area (Å²) in [6.07, 6.45) is 0.476. The predicted molar refractivity (Wildman–Crippen MR) is 43.3 cm³/mol. The van der Waals surface area contributed by atoms with Crippen LogP contribution in [0.25, 0.3) is 0 Å². The molecule has 1 saturated heterocycles. The Labute approximate surface area is 67.6 Å². The first-order valence-corrected chi connectivity index (χ1v) is 4.19. The summed E-state index contributed by atoms with van der Waals surface area (Å²) in [5, 5.41) is 18.2. The van der Waals surface area contributed by atoms with Crippen LogP contribution in [-0.4, -0.2) is 46.5 Å². The van der Waals surface area contributed by atoms with Crippen LogP contribution >= 0.6 is 0 Å². The van der Waals surface area contributed by atoms with Crippen LogP contribution in [0.15, 0.2) is 0 Å². The number of hydrogen-bond donors (Lipinski definition) is 2. The van der Waals surface area contributed by atoms with Gasteiger partial charge in [-0.05, 0) is 20.3 Å². The fourth-order valence-corrected chi connectivity index (χ4v) is 1.73. The van der Waals surface area contributed by atoms with Crippen LogP contribution in [0.4, 0.5) is 0 Å². The zero-order chi connectivity index (χ0) is 8.43. The minimum atomic E-state index is -0.241. The first-order chi connectivity index (χ1) is 5.15. The second kappa shape index (κ2) is 3.52. The molecule has 0 unspecified atom stereocenters. The van der Waals surface area contributed by atoms with Crippen LogP contribution in [0.1, 0.15) is 20.3 Å². The number of nitrogens with zero attached hydrogens (tertiary/aromatic N) is 1. The lowest BCUT2D eigenvalue weighted by Gasteiger charge is -2.26. The first-order valence-electron chi connectivity index (χ1n) is 4.19. The van der Waals surface area contributed by atoms with Gasteiger partial charge in [0.15, 0.2) is 0 Å². The summed E-state index contributed by atoms with van der Waals surface area (Å²) < 4.78 is 0. The summed E-state index contributed by atoms with van der Waals surface area (Å²) in [6.45, 7) is 5.04. The van der Waals surface area contributed by atoms with Crippen molar-refractivity contribution in [3.05, 3.63) is 0 Å². The van der Waals surface area contributed by atoms with E-state index in [0.29, 0.717) is 19.0 Å². The van der Waals surface area contributed by atoms with Crippen LogP contribution in [0.2, 0.25) is 0 Å². The maximum Gasteiger partial charge on any atom is 0.0683 e. The van der Waals surface area contributed by atoms with Crippen LogP contribution < -0.4 is 0 Å². The fraction of sp³-hybridized carbons (Fsp3) is 1.00. The summed E-state index contributed by atoms with van der Waals surface area (Å²) in [5.74, 6) is 0. The van der Waals surface area contributed by atoms with Gasteiger partial charge in [0, 0.05) is 18.6 Å². The summed E-state index contributed by atoms with van der Waals surface area (Å²) in [7, 11) is 0. The van der Waals surface area contributed by atoms with Crippen molar-refractivity contribution in [2.24, 2.45) is 0 Å². The van der Waals surface area contributed by atoms with Crippen molar-refractivity contribution < 1.29 is 10.2 Å². The van der Waals surface area contributed by atoms with Crippen molar-refractivity contribution in [3.8, 4) is 0 Å². The Hall–Kier alpha value is -0.120. The van der Waals surface area contributed by atoms with E-state index in [1.807, 2.05) is 0 Å². The quantitative estimate of drug-likeness (QED) is 0.587. The minimum absolute atomic E-state index is 0.162. The second-order valence-corrected chi connectivity index (χ2v) is 3.52. The Morgan fingerprint density at radius 3 is 2.55 bits per heavy atom. The van der Waals surface area contributed by atoms with Gasteiger partial charge in [-0.2, -0.15) is 0 Å². The van der Waals surface area contributed by atoms with Crippen molar-refractivity contribution >= 4 is 0 Å². The highest BCUT2D eigenvalue weighted by molar-refractivity contribution is 4.86. The van der Waals surface area contributed by atoms with E-state index in [1.165, 1.54) is 0 Å². The molecule has 3 heteroatoms. The van der Waals surface area contributed by atoms with Crippen molar-refractivity contribution in [1.29, 1.82) is 0 Å². The molecule has 1 rings (SSSR count). The summed E-state index contributed by atoms with van der Waals surface area (Å²) >= 11 is 0. The molecule has 0 spiro atoms. The zero-order valence-corrected chi connectivity index (χ0v) is 7.20. The molecule has 0 aromatic heterocycles. The highest BCUT2D eigenvalue weighted by Gasteiger charge is 2.31. The normalized spacial score (nSPS) is 33.5. The monoisotopic (exact) mass is 159 g/mol. The van der Waals surface area contributed by atoms with E-state index in [9.17, 15) is 5.11 Å². The van der Waals surface area contributed by atoms with Crippen molar-refractivity contribution in [3.63, 3.8) is 0 Å². The van der Waals surface area contributed by atoms with E-state index in [-0.39, 0.29) is 18.8 Å². The van der Waals surface area contributed by atoms with E-state index in [2.05, 4.69) is 18.7 Å². The molecule has 1 aliphatic heterocycles. The number of aliphatic hydroxyl groups excluding tert-OH is 2. The van der Waals surface area contributed by atoms with E-state index in [0.717, 1.165) is 0 Å². The Morgan fingerprint density at radius 2 is 2.18 bits per heavy atom. The second-order valence-electron chi connectivity index (χ2n) is 3.52. The number of β-amino-alcohol motifs (C(OH)–C–C–N with tert-alkyl or cyclic N) is 1. The molecule has 0 saturated carbocycles. The van der Waals surface area contributed by atoms with Gasteiger partial charge in [-0.15, -0.1) is 0 Å². The van der Waals surface area contributed by atoms with Gasteiger partial charge in [-0.1, -0.05) is 0 Å². The average molecular weight is 159 g/mol. The maximum absolute atomic E-state index is 9.30. The summed E-state index contributed by atoms with van der Waals surface area (Å²) in [5.41, 5.74) is 0. The molecule has 66 valence electrons. The first kappa shape index (κ1) is 8.97. The molecule has 0 aromatic rings. The molecule has 1 fully saturated rings. The van der Waals surface area contributed by atoms with Gasteiger partial charge in [0.2, 0.25) is 0 Å². The minimum Gasteiger partial charge on any atom is -0.395 e. The van der Waals surface area contributed by atoms with Gasteiger partial charge in [0.1, 0.15) is 0 Å². The lowest BCUT2D eigenvalue weighted by molar-refractivity contribution is 0.128. The lowest BCUT2D eigenvalue weighted by atomic mass is 10.2. The highest BCUT2D eigenvalue weighted by atomic mass is 16.3. The Morgan fingerprint density at radius 1 is 1.55 bits per heavy atom. The van der Waals surface area contributed by atoms with Gasteiger partial charge in [0.05, 0.1) is 12.7 Å². The maximum atomic E-state index is 9.30. The Kier molecular flexibility index (Phi) is 2.87. The van der Waals surface area contributed by atoms with Crippen molar-refractivity contribution in [1.82, 2.24) is 4.90 Å². The topological polar surface area (TPSA) is 43.7 Å². The smallest absolute Gasteiger partial charge is 0.0683 e. The molecule has 1 heterocycles. The van der Waals surface area contributed by atoms with Gasteiger partial charge >= 0.3 is 0 Å². The molecule has 0 amide bonds. The molecular formula is C8H17NO2. The third-order valence-electron chi connectivity index (χ3n) is 2.31. The molecule has 1 aliphatic rings. The van der Waals surface area contributed by atoms with E-state index in [4.69, 9.17) is 5.11 Å². The molecule has 2 atom stereocenters. The summed E-state index contributed by atoms with van der Waals surface area (Å²) in [4.78, 5) is 2.14. The number of rotatable bonds is 2. The average Bonchev–Trinajstić information content (AvgIpc) is 2.30. The van der Waals surface area contributed by atoms with E-state index in [1.54, 1.807) is 0 Å². The van der Waals surface area contributed by atoms with Gasteiger partial charge in [-0.3, -0.25) is 4.90 Å². The molecule has 0 aromatic carbocycles. The van der Waals surface area contributed by atoms with E-state index < -0.39 is 0 Å². The molecule has 2 N–H and O–H groups in total. The molecule has 11 heavy (non-hydrogen) atoms. The Bertz CT molecular complexity index is 127. The molecule has 0 radical (unpaired) electrons. The lowest BCUT2D eigenvalue weighted by Crippen LogP contribution is -2.37. The SMILES string of the molecule is CC(C)N1C[C@H](O)C[C@@H]1CO. The molecular weight excluding hydrogens is 142 g/mol. The number of aliphatic hydroxyl groups is 2. The van der Waals surface area contributed by atoms with Crippen molar-refractivity contribution in [2.45, 2.75) is 38.5 Å². The standard InChI is InChI=1S/C8H17NO2/c1-6(2)9-4-8(11)3-7(9)5-10/h6-8,10-11H,3-5H2,1-2H3/t7-,8-/m1/s1. The molecule has 0 aliphatic carbocycles. The highest BCUT2D eigenvalue weighted by Crippen LogP contribution is 2.19. The largest absolute Gasteiger partial charge is 0.395 e. The third kappa shape index (κ3) is 1.92. The number of hydrogen-bond acceptors (Lipinski definition) is 3. The van der Waals surface area contributed by atoms with Crippen LogP contribution in [0.3, 0.4) is 0 Å². The third-order valence-corrected chi connectivity index (χ3v) is 2.31. The number of likely N-dealkylation sites (tertiary alicyclic amines) is 1. The Balaban J connectivity index is 2.50. The fourth-order valence-electron chi connectivity index (χ4n) is 1.73. The predicted octanol–water partition coefficient (Wildman–Crippen LogP) is -0.178. The van der Waals surface area contributed by atoms with Gasteiger partial charge < -0.3 is 10.2 Å². The molecule has 0 bridgehead atoms. The van der Waals surface area contributed by atoms with Crippen molar-refractivity contribution in [2.75, 3.05) is 13.2 Å². The van der Waals surface area contributed by atoms with Gasteiger partial charge in [-0.25, -0.2) is 0 Å². The van der Waals surface area contributed by atoms with Crippen LogP contribution in [0.5, 0.6) is 0 Å². The van der Waals surface area contributed by atoms with Crippen LogP contribution in [-0.2, 0) is 0 Å². The molecule has 3 nitrogen and oxygen atoms in total. The van der Waals surface area contributed by atoms with Crippen LogP contribution in [0, 0.1) is 0 Å². The van der Waals surface area contributed by atoms with Gasteiger partial charge in [0.25, 0.3) is 0 Å². The summed E-state index contributed by atoms with van der Waals surface area (Å²) in [6, 6.07) is 0.592. The zero-order valence-electron chi connectivity index (χ0n) is 7.20. The van der Waals surface area contributed by atoms with E-state index >= 15 is 0 Å².